The van der Waals surface area contributed by atoms with E-state index in [4.69, 9.17) is 10.5 Å². The average Bonchev–Trinajstić information content (AvgIpc) is 2.23. The van der Waals surface area contributed by atoms with Gasteiger partial charge in [-0.15, -0.1) is 0 Å². The van der Waals surface area contributed by atoms with E-state index in [-0.39, 0.29) is 12.0 Å². The van der Waals surface area contributed by atoms with Gasteiger partial charge in [-0.05, 0) is 12.1 Å². The Morgan fingerprint density at radius 1 is 1.44 bits per heavy atom. The second-order valence-electron chi connectivity index (χ2n) is 4.20. The first-order valence-corrected chi connectivity index (χ1v) is 5.32. The van der Waals surface area contributed by atoms with Crippen molar-refractivity contribution >= 4 is 11.6 Å². The van der Waals surface area contributed by atoms with Crippen molar-refractivity contribution in [2.24, 2.45) is 5.73 Å². The van der Waals surface area contributed by atoms with Crippen LogP contribution in [0.2, 0.25) is 0 Å². The first-order valence-electron chi connectivity index (χ1n) is 5.32. The lowest BCUT2D eigenvalue weighted by atomic mass is 9.73. The maximum absolute atomic E-state index is 11.5. The highest BCUT2D eigenvalue weighted by Crippen LogP contribution is 2.37. The molecule has 1 aliphatic carbocycles. The summed E-state index contributed by atoms with van der Waals surface area (Å²) in [5, 5.41) is 3.20. The number of amides is 1. The maximum Gasteiger partial charge on any atom is 0.243 e. The minimum Gasteiger partial charge on any atom is -0.381 e. The van der Waals surface area contributed by atoms with Gasteiger partial charge in [0.15, 0.2) is 0 Å². The van der Waals surface area contributed by atoms with Gasteiger partial charge in [-0.3, -0.25) is 4.79 Å². The molecule has 1 saturated carbocycles. The quantitative estimate of drug-likeness (QED) is 0.799. The summed E-state index contributed by atoms with van der Waals surface area (Å²) in [6.07, 6.45) is 1.39. The van der Waals surface area contributed by atoms with Gasteiger partial charge in [-0.1, -0.05) is 18.2 Å². The number of hydrogen-bond donors (Lipinski definition) is 2. The highest BCUT2D eigenvalue weighted by Gasteiger charge is 2.49. The molecule has 86 valence electrons. The summed E-state index contributed by atoms with van der Waals surface area (Å²) in [5.74, 6) is -0.315. The van der Waals surface area contributed by atoms with Gasteiger partial charge in [0.2, 0.25) is 5.91 Å². The number of primary amides is 1. The summed E-state index contributed by atoms with van der Waals surface area (Å²) in [6, 6.07) is 9.61. The minimum atomic E-state index is -0.637. The van der Waals surface area contributed by atoms with E-state index in [0.717, 1.165) is 5.69 Å². The Morgan fingerprint density at radius 3 is 2.56 bits per heavy atom. The SMILES string of the molecule is COC1CC(Nc2ccccc2)(C(N)=O)C1. The van der Waals surface area contributed by atoms with Crippen LogP contribution in [0.15, 0.2) is 30.3 Å². The molecule has 2 rings (SSSR count). The van der Waals surface area contributed by atoms with E-state index >= 15 is 0 Å². The Labute approximate surface area is 94.8 Å². The zero-order valence-corrected chi connectivity index (χ0v) is 9.27. The second-order valence-corrected chi connectivity index (χ2v) is 4.20. The van der Waals surface area contributed by atoms with Gasteiger partial charge in [-0.2, -0.15) is 0 Å². The zero-order chi connectivity index (χ0) is 11.6. The molecule has 0 aliphatic heterocycles. The Kier molecular flexibility index (Phi) is 2.83. The van der Waals surface area contributed by atoms with Gasteiger partial charge in [0.1, 0.15) is 5.54 Å². The Bertz CT molecular complexity index is 372. The molecule has 0 spiro atoms. The van der Waals surface area contributed by atoms with Gasteiger partial charge in [0, 0.05) is 25.6 Å². The number of hydrogen-bond acceptors (Lipinski definition) is 3. The molecule has 1 aromatic carbocycles. The smallest absolute Gasteiger partial charge is 0.243 e. The highest BCUT2D eigenvalue weighted by molar-refractivity contribution is 5.89. The van der Waals surface area contributed by atoms with Crippen LogP contribution in [0.5, 0.6) is 0 Å². The van der Waals surface area contributed by atoms with E-state index in [2.05, 4.69) is 5.32 Å². The van der Waals surface area contributed by atoms with Crippen molar-refractivity contribution in [3.05, 3.63) is 30.3 Å². The monoisotopic (exact) mass is 220 g/mol. The predicted octanol–water partition coefficient (Wildman–Crippen LogP) is 1.13. The van der Waals surface area contributed by atoms with E-state index < -0.39 is 5.54 Å². The summed E-state index contributed by atoms with van der Waals surface area (Å²) in [6.45, 7) is 0. The van der Waals surface area contributed by atoms with Gasteiger partial charge < -0.3 is 15.8 Å². The number of carbonyl (C=O) groups is 1. The molecular formula is C12H16N2O2. The molecule has 0 bridgehead atoms. The molecule has 1 fully saturated rings. The number of benzene rings is 1. The average molecular weight is 220 g/mol. The van der Waals surface area contributed by atoms with Crippen LogP contribution in [0, 0.1) is 0 Å². The molecule has 0 saturated heterocycles. The first kappa shape index (κ1) is 11.0. The van der Waals surface area contributed by atoms with Crippen LogP contribution in [0.25, 0.3) is 0 Å². The lowest BCUT2D eigenvalue weighted by molar-refractivity contribution is -0.130. The number of para-hydroxylation sites is 1. The number of carbonyl (C=O) groups excluding carboxylic acids is 1. The fourth-order valence-electron chi connectivity index (χ4n) is 2.05. The Balaban J connectivity index is 2.09. The molecule has 0 heterocycles. The topological polar surface area (TPSA) is 64.3 Å². The molecule has 1 amide bonds. The third-order valence-electron chi connectivity index (χ3n) is 3.11. The highest BCUT2D eigenvalue weighted by atomic mass is 16.5. The van der Waals surface area contributed by atoms with Crippen molar-refractivity contribution in [1.82, 2.24) is 0 Å². The van der Waals surface area contributed by atoms with Crippen LogP contribution in [0.4, 0.5) is 5.69 Å². The van der Waals surface area contributed by atoms with Crippen LogP contribution in [0.1, 0.15) is 12.8 Å². The first-order chi connectivity index (χ1) is 7.66. The van der Waals surface area contributed by atoms with Gasteiger partial charge in [0.25, 0.3) is 0 Å². The van der Waals surface area contributed by atoms with E-state index in [1.165, 1.54) is 0 Å². The lowest BCUT2D eigenvalue weighted by Gasteiger charge is -2.45. The second kappa shape index (κ2) is 4.14. The number of nitrogens with one attached hydrogen (secondary N) is 1. The van der Waals surface area contributed by atoms with Crippen LogP contribution in [-0.2, 0) is 9.53 Å². The normalized spacial score (nSPS) is 28.2. The third kappa shape index (κ3) is 1.88. The number of ether oxygens (including phenoxy) is 1. The summed E-state index contributed by atoms with van der Waals surface area (Å²) < 4.78 is 5.18. The molecular weight excluding hydrogens is 204 g/mol. The number of rotatable bonds is 4. The number of anilines is 1. The molecule has 16 heavy (non-hydrogen) atoms. The molecule has 1 aromatic rings. The van der Waals surface area contributed by atoms with Crippen LogP contribution in [-0.4, -0.2) is 24.7 Å². The molecule has 4 heteroatoms. The van der Waals surface area contributed by atoms with Crippen molar-refractivity contribution in [3.63, 3.8) is 0 Å². The van der Waals surface area contributed by atoms with Crippen LogP contribution < -0.4 is 11.1 Å². The van der Waals surface area contributed by atoms with Gasteiger partial charge >= 0.3 is 0 Å². The van der Waals surface area contributed by atoms with Crippen molar-refractivity contribution < 1.29 is 9.53 Å². The van der Waals surface area contributed by atoms with Gasteiger partial charge in [-0.25, -0.2) is 0 Å². The van der Waals surface area contributed by atoms with Gasteiger partial charge in [0.05, 0.1) is 6.10 Å². The molecule has 3 N–H and O–H groups in total. The van der Waals surface area contributed by atoms with Crippen molar-refractivity contribution in [2.45, 2.75) is 24.5 Å². The third-order valence-corrected chi connectivity index (χ3v) is 3.11. The molecule has 0 aromatic heterocycles. The number of methoxy groups -OCH3 is 1. The van der Waals surface area contributed by atoms with E-state index in [9.17, 15) is 4.79 Å². The van der Waals surface area contributed by atoms with Crippen LogP contribution in [0.3, 0.4) is 0 Å². The van der Waals surface area contributed by atoms with Crippen molar-refractivity contribution in [2.75, 3.05) is 12.4 Å². The minimum absolute atomic E-state index is 0.128. The summed E-state index contributed by atoms with van der Waals surface area (Å²) in [5.41, 5.74) is 5.72. The maximum atomic E-state index is 11.5. The standard InChI is InChI=1S/C12H16N2O2/c1-16-10-7-12(8-10,11(13)15)14-9-5-3-2-4-6-9/h2-6,10,14H,7-8H2,1H3,(H2,13,15). The van der Waals surface area contributed by atoms with Crippen LogP contribution >= 0.6 is 0 Å². The predicted molar refractivity (Wildman–Crippen MR) is 62.0 cm³/mol. The summed E-state index contributed by atoms with van der Waals surface area (Å²) in [4.78, 5) is 11.5. The zero-order valence-electron chi connectivity index (χ0n) is 9.27. The molecule has 0 radical (unpaired) electrons. The van der Waals surface area contributed by atoms with E-state index in [0.29, 0.717) is 12.8 Å². The van der Waals surface area contributed by atoms with E-state index in [1.54, 1.807) is 7.11 Å². The largest absolute Gasteiger partial charge is 0.381 e. The fourth-order valence-corrected chi connectivity index (χ4v) is 2.05. The summed E-state index contributed by atoms with van der Waals surface area (Å²) >= 11 is 0. The Morgan fingerprint density at radius 2 is 2.06 bits per heavy atom. The molecule has 4 nitrogen and oxygen atoms in total. The fraction of sp³-hybridized carbons (Fsp3) is 0.417. The van der Waals surface area contributed by atoms with E-state index in [1.807, 2.05) is 30.3 Å². The van der Waals surface area contributed by atoms with Crippen molar-refractivity contribution in [3.8, 4) is 0 Å². The Hall–Kier alpha value is -1.55. The molecule has 1 aliphatic rings. The van der Waals surface area contributed by atoms with Crippen molar-refractivity contribution in [1.29, 1.82) is 0 Å². The lowest BCUT2D eigenvalue weighted by Crippen LogP contribution is -2.61. The molecule has 0 unspecified atom stereocenters. The summed E-state index contributed by atoms with van der Waals surface area (Å²) in [7, 11) is 1.65. The molecule has 0 atom stereocenters. The number of nitrogens with two attached hydrogens (primary N) is 1.